The SMILES string of the molecule is CCCC(OC)c1noc(CC(=O)C(F)(F)F)n1. The van der Waals surface area contributed by atoms with Gasteiger partial charge in [-0.3, -0.25) is 4.79 Å². The molecule has 0 spiro atoms. The molecular weight excluding hydrogens is 253 g/mol. The minimum absolute atomic E-state index is 0.157. The van der Waals surface area contributed by atoms with Gasteiger partial charge in [-0.1, -0.05) is 18.5 Å². The summed E-state index contributed by atoms with van der Waals surface area (Å²) in [7, 11) is 1.44. The van der Waals surface area contributed by atoms with Crippen LogP contribution in [0.15, 0.2) is 4.52 Å². The number of aromatic nitrogens is 2. The molecule has 0 fully saturated rings. The minimum atomic E-state index is -4.89. The van der Waals surface area contributed by atoms with Crippen LogP contribution >= 0.6 is 0 Å². The van der Waals surface area contributed by atoms with Crippen molar-refractivity contribution in [1.29, 1.82) is 0 Å². The highest BCUT2D eigenvalue weighted by Crippen LogP contribution is 2.21. The molecule has 0 saturated heterocycles. The lowest BCUT2D eigenvalue weighted by Gasteiger charge is -2.08. The molecule has 0 N–H and O–H groups in total. The summed E-state index contributed by atoms with van der Waals surface area (Å²) >= 11 is 0. The monoisotopic (exact) mass is 266 g/mol. The smallest absolute Gasteiger partial charge is 0.373 e. The Bertz CT molecular complexity index is 403. The highest BCUT2D eigenvalue weighted by molar-refractivity contribution is 5.85. The quantitative estimate of drug-likeness (QED) is 0.790. The molecule has 1 heterocycles. The number of hydrogen-bond acceptors (Lipinski definition) is 5. The van der Waals surface area contributed by atoms with E-state index in [4.69, 9.17) is 4.74 Å². The standard InChI is InChI=1S/C10H13F3N2O3/c1-3-4-6(17-2)9-14-8(18-15-9)5-7(16)10(11,12)13/h6H,3-5H2,1-2H3. The largest absolute Gasteiger partial charge is 0.450 e. The van der Waals surface area contributed by atoms with E-state index in [0.717, 1.165) is 6.42 Å². The molecule has 18 heavy (non-hydrogen) atoms. The van der Waals surface area contributed by atoms with Crippen molar-refractivity contribution in [2.45, 2.75) is 38.5 Å². The molecule has 0 aliphatic rings. The summed E-state index contributed by atoms with van der Waals surface area (Å²) in [5.41, 5.74) is 0. The number of rotatable bonds is 6. The Balaban J connectivity index is 2.71. The van der Waals surface area contributed by atoms with E-state index >= 15 is 0 Å². The van der Waals surface area contributed by atoms with Crippen LogP contribution in [0.5, 0.6) is 0 Å². The van der Waals surface area contributed by atoms with Crippen LogP contribution in [0.3, 0.4) is 0 Å². The van der Waals surface area contributed by atoms with E-state index in [1.165, 1.54) is 7.11 Å². The molecule has 0 saturated carbocycles. The molecule has 8 heteroatoms. The summed E-state index contributed by atoms with van der Waals surface area (Å²) in [5.74, 6) is -2.11. The molecule has 0 bridgehead atoms. The molecule has 0 radical (unpaired) electrons. The Morgan fingerprint density at radius 1 is 1.50 bits per heavy atom. The lowest BCUT2D eigenvalue weighted by molar-refractivity contribution is -0.170. The van der Waals surface area contributed by atoms with Gasteiger partial charge in [-0.2, -0.15) is 18.2 Å². The van der Waals surface area contributed by atoms with E-state index < -0.39 is 24.5 Å². The molecule has 0 amide bonds. The van der Waals surface area contributed by atoms with Gasteiger partial charge in [0.15, 0.2) is 0 Å². The van der Waals surface area contributed by atoms with Crippen molar-refractivity contribution in [1.82, 2.24) is 10.1 Å². The lowest BCUT2D eigenvalue weighted by atomic mass is 10.2. The van der Waals surface area contributed by atoms with Crippen LogP contribution in [-0.2, 0) is 16.0 Å². The number of ether oxygens (including phenoxy) is 1. The van der Waals surface area contributed by atoms with Crippen molar-refractivity contribution in [3.8, 4) is 0 Å². The predicted octanol–water partition coefficient (Wildman–Crippen LogP) is 2.23. The minimum Gasteiger partial charge on any atom is -0.373 e. The van der Waals surface area contributed by atoms with E-state index in [0.29, 0.717) is 6.42 Å². The highest BCUT2D eigenvalue weighted by atomic mass is 19.4. The first-order chi connectivity index (χ1) is 8.38. The van der Waals surface area contributed by atoms with E-state index in [1.807, 2.05) is 6.92 Å². The fourth-order valence-electron chi connectivity index (χ4n) is 1.32. The number of halogens is 3. The first kappa shape index (κ1) is 14.6. The van der Waals surface area contributed by atoms with E-state index in [9.17, 15) is 18.0 Å². The van der Waals surface area contributed by atoms with Gasteiger partial charge in [0.2, 0.25) is 17.5 Å². The highest BCUT2D eigenvalue weighted by Gasteiger charge is 2.39. The van der Waals surface area contributed by atoms with Crippen molar-refractivity contribution >= 4 is 5.78 Å². The summed E-state index contributed by atoms with van der Waals surface area (Å²) in [4.78, 5) is 14.5. The maximum Gasteiger partial charge on any atom is 0.450 e. The van der Waals surface area contributed by atoms with Gasteiger partial charge >= 0.3 is 6.18 Å². The maximum atomic E-state index is 12.0. The number of carbonyl (C=O) groups excluding carboxylic acids is 1. The predicted molar refractivity (Wildman–Crippen MR) is 53.7 cm³/mol. The molecule has 0 aliphatic carbocycles. The van der Waals surface area contributed by atoms with Gasteiger partial charge in [0.1, 0.15) is 6.10 Å². The van der Waals surface area contributed by atoms with Crippen LogP contribution in [0.25, 0.3) is 0 Å². The Hall–Kier alpha value is -1.44. The molecule has 1 aromatic heterocycles. The average molecular weight is 266 g/mol. The number of ketones is 1. The fourth-order valence-corrected chi connectivity index (χ4v) is 1.32. The number of methoxy groups -OCH3 is 1. The second kappa shape index (κ2) is 5.94. The van der Waals surface area contributed by atoms with Gasteiger partial charge in [-0.15, -0.1) is 0 Å². The fraction of sp³-hybridized carbons (Fsp3) is 0.700. The zero-order valence-corrected chi connectivity index (χ0v) is 9.95. The molecule has 5 nitrogen and oxygen atoms in total. The van der Waals surface area contributed by atoms with Crippen molar-refractivity contribution in [3.63, 3.8) is 0 Å². The molecule has 0 aromatic carbocycles. The Morgan fingerprint density at radius 2 is 2.17 bits per heavy atom. The van der Waals surface area contributed by atoms with Gasteiger partial charge in [-0.25, -0.2) is 0 Å². The van der Waals surface area contributed by atoms with Crippen molar-refractivity contribution in [2.24, 2.45) is 0 Å². The molecule has 1 atom stereocenters. The zero-order valence-electron chi connectivity index (χ0n) is 9.95. The second-order valence-corrected chi connectivity index (χ2v) is 3.66. The molecular formula is C10H13F3N2O3. The molecule has 0 aliphatic heterocycles. The summed E-state index contributed by atoms with van der Waals surface area (Å²) in [6.07, 6.45) is -4.86. The lowest BCUT2D eigenvalue weighted by Crippen LogP contribution is -2.24. The molecule has 102 valence electrons. The average Bonchev–Trinajstić information content (AvgIpc) is 2.73. The third-order valence-corrected chi connectivity index (χ3v) is 2.24. The van der Waals surface area contributed by atoms with E-state index in [1.54, 1.807) is 0 Å². The normalized spacial score (nSPS) is 13.6. The Kier molecular flexibility index (Phi) is 4.83. The van der Waals surface area contributed by atoms with Gasteiger partial charge in [-0.05, 0) is 6.42 Å². The topological polar surface area (TPSA) is 65.2 Å². The van der Waals surface area contributed by atoms with E-state index in [2.05, 4.69) is 14.7 Å². The van der Waals surface area contributed by atoms with Crippen molar-refractivity contribution in [2.75, 3.05) is 7.11 Å². The van der Waals surface area contributed by atoms with Crippen molar-refractivity contribution in [3.05, 3.63) is 11.7 Å². The summed E-state index contributed by atoms with van der Waals surface area (Å²) in [6, 6.07) is 0. The van der Waals surface area contributed by atoms with Crippen LogP contribution in [0, 0.1) is 0 Å². The third kappa shape index (κ3) is 3.80. The summed E-state index contributed by atoms with van der Waals surface area (Å²) in [6.45, 7) is 1.92. The van der Waals surface area contributed by atoms with Gasteiger partial charge in [0, 0.05) is 7.11 Å². The molecule has 1 unspecified atom stereocenters. The maximum absolute atomic E-state index is 12.0. The summed E-state index contributed by atoms with van der Waals surface area (Å²) in [5, 5.41) is 3.51. The third-order valence-electron chi connectivity index (χ3n) is 2.24. The van der Waals surface area contributed by atoms with Crippen LogP contribution < -0.4 is 0 Å². The first-order valence-electron chi connectivity index (χ1n) is 5.33. The van der Waals surface area contributed by atoms with Crippen molar-refractivity contribution < 1.29 is 27.2 Å². The zero-order chi connectivity index (χ0) is 13.8. The van der Waals surface area contributed by atoms with Crippen LogP contribution in [0.4, 0.5) is 13.2 Å². The first-order valence-corrected chi connectivity index (χ1v) is 5.33. The summed E-state index contributed by atoms with van der Waals surface area (Å²) < 4.78 is 45.7. The van der Waals surface area contributed by atoms with Gasteiger partial charge in [0.05, 0.1) is 6.42 Å². The Labute approximate surface area is 101 Å². The number of alkyl halides is 3. The number of Topliss-reactive ketones (excluding diaryl/α,β-unsaturated/α-hetero) is 1. The van der Waals surface area contributed by atoms with Crippen LogP contribution in [0.2, 0.25) is 0 Å². The van der Waals surface area contributed by atoms with Gasteiger partial charge in [0.25, 0.3) is 0 Å². The number of hydrogen-bond donors (Lipinski definition) is 0. The molecule has 1 aromatic rings. The second-order valence-electron chi connectivity index (χ2n) is 3.66. The number of nitrogens with zero attached hydrogens (tertiary/aromatic N) is 2. The number of carbonyl (C=O) groups is 1. The molecule has 1 rings (SSSR count). The van der Waals surface area contributed by atoms with Crippen LogP contribution in [0.1, 0.15) is 37.6 Å². The Morgan fingerprint density at radius 3 is 2.67 bits per heavy atom. The van der Waals surface area contributed by atoms with E-state index in [-0.39, 0.29) is 11.7 Å². The van der Waals surface area contributed by atoms with Crippen LogP contribution in [-0.4, -0.2) is 29.2 Å². The van der Waals surface area contributed by atoms with Gasteiger partial charge < -0.3 is 9.26 Å².